The summed E-state index contributed by atoms with van der Waals surface area (Å²) < 4.78 is 5.18. The number of hydrogen-bond acceptors (Lipinski definition) is 3. The first-order valence-electron chi connectivity index (χ1n) is 7.26. The highest BCUT2D eigenvalue weighted by Gasteiger charge is 2.11. The molecule has 0 bridgehead atoms. The van der Waals surface area contributed by atoms with E-state index in [1.54, 1.807) is 7.11 Å². The lowest BCUT2D eigenvalue weighted by Gasteiger charge is -2.14. The minimum atomic E-state index is -1.01. The van der Waals surface area contributed by atoms with E-state index in [-0.39, 0.29) is 17.5 Å². The van der Waals surface area contributed by atoms with Gasteiger partial charge in [0.05, 0.1) is 12.7 Å². The highest BCUT2D eigenvalue weighted by Crippen LogP contribution is 2.14. The molecule has 23 heavy (non-hydrogen) atoms. The van der Waals surface area contributed by atoms with Crippen LogP contribution in [-0.4, -0.2) is 30.1 Å². The molecule has 0 heterocycles. The van der Waals surface area contributed by atoms with E-state index in [1.807, 2.05) is 31.2 Å². The molecule has 120 valence electrons. The number of methoxy groups -OCH3 is 1. The highest BCUT2D eigenvalue weighted by atomic mass is 16.5. The number of nitrogens with one attached hydrogen (secondary N) is 1. The molecule has 2 aromatic rings. The molecule has 2 rings (SSSR count). The summed E-state index contributed by atoms with van der Waals surface area (Å²) in [5.74, 6) is -0.453. The van der Waals surface area contributed by atoms with Crippen LogP contribution in [0.1, 0.15) is 33.2 Å². The zero-order valence-electron chi connectivity index (χ0n) is 13.1. The van der Waals surface area contributed by atoms with E-state index in [0.29, 0.717) is 12.0 Å². The third-order valence-electron chi connectivity index (χ3n) is 3.45. The second-order valence-corrected chi connectivity index (χ2v) is 5.31. The standard InChI is InChI=1S/C18H19NO4/c1-12(10-13-4-3-5-16(11-13)23-2)19-17(20)14-6-8-15(9-7-14)18(21)22/h3-9,11-12H,10H2,1-2H3,(H,19,20)(H,21,22). The van der Waals surface area contributed by atoms with Crippen LogP contribution >= 0.6 is 0 Å². The molecule has 0 aliphatic carbocycles. The predicted molar refractivity (Wildman–Crippen MR) is 87.0 cm³/mol. The van der Waals surface area contributed by atoms with Gasteiger partial charge in [-0.1, -0.05) is 12.1 Å². The first-order valence-corrected chi connectivity index (χ1v) is 7.26. The van der Waals surface area contributed by atoms with Crippen molar-refractivity contribution in [2.45, 2.75) is 19.4 Å². The fourth-order valence-electron chi connectivity index (χ4n) is 2.28. The van der Waals surface area contributed by atoms with Gasteiger partial charge in [-0.15, -0.1) is 0 Å². The number of rotatable bonds is 6. The minimum absolute atomic E-state index is 0.0613. The van der Waals surface area contributed by atoms with Crippen molar-refractivity contribution in [1.82, 2.24) is 5.32 Å². The highest BCUT2D eigenvalue weighted by molar-refractivity contribution is 5.96. The summed E-state index contributed by atoms with van der Waals surface area (Å²) in [6.45, 7) is 1.92. The lowest BCUT2D eigenvalue weighted by Crippen LogP contribution is -2.34. The van der Waals surface area contributed by atoms with Crippen LogP contribution in [-0.2, 0) is 6.42 Å². The molecule has 1 atom stereocenters. The van der Waals surface area contributed by atoms with Gasteiger partial charge in [0, 0.05) is 11.6 Å². The average Bonchev–Trinajstić information content (AvgIpc) is 2.54. The second kappa shape index (κ2) is 7.45. The Kier molecular flexibility index (Phi) is 5.36. The van der Waals surface area contributed by atoms with E-state index >= 15 is 0 Å². The molecule has 1 unspecified atom stereocenters. The summed E-state index contributed by atoms with van der Waals surface area (Å²) in [5, 5.41) is 11.8. The summed E-state index contributed by atoms with van der Waals surface area (Å²) in [7, 11) is 1.62. The van der Waals surface area contributed by atoms with Gasteiger partial charge < -0.3 is 15.2 Å². The third kappa shape index (κ3) is 4.57. The molecular weight excluding hydrogens is 294 g/mol. The number of aromatic carboxylic acids is 1. The summed E-state index contributed by atoms with van der Waals surface area (Å²) in [5.41, 5.74) is 1.66. The summed E-state index contributed by atoms with van der Waals surface area (Å²) >= 11 is 0. The second-order valence-electron chi connectivity index (χ2n) is 5.31. The number of ether oxygens (including phenoxy) is 1. The Morgan fingerprint density at radius 1 is 1.13 bits per heavy atom. The lowest BCUT2D eigenvalue weighted by atomic mass is 10.1. The SMILES string of the molecule is COc1cccc(CC(C)NC(=O)c2ccc(C(=O)O)cc2)c1. The number of carboxylic acids is 1. The average molecular weight is 313 g/mol. The number of amides is 1. The van der Waals surface area contributed by atoms with Crippen molar-refractivity contribution in [1.29, 1.82) is 0 Å². The smallest absolute Gasteiger partial charge is 0.335 e. The zero-order chi connectivity index (χ0) is 16.8. The summed E-state index contributed by atoms with van der Waals surface area (Å²) in [6, 6.07) is 13.5. The van der Waals surface area contributed by atoms with Crippen LogP contribution in [0.2, 0.25) is 0 Å². The molecule has 0 saturated heterocycles. The van der Waals surface area contributed by atoms with Crippen molar-refractivity contribution in [3.05, 3.63) is 65.2 Å². The van der Waals surface area contributed by atoms with Gasteiger partial charge in [-0.3, -0.25) is 4.79 Å². The van der Waals surface area contributed by atoms with Crippen molar-refractivity contribution in [3.8, 4) is 5.75 Å². The Morgan fingerprint density at radius 2 is 1.78 bits per heavy atom. The van der Waals surface area contributed by atoms with E-state index in [1.165, 1.54) is 24.3 Å². The number of carbonyl (C=O) groups is 2. The monoisotopic (exact) mass is 313 g/mol. The van der Waals surface area contributed by atoms with E-state index in [0.717, 1.165) is 11.3 Å². The van der Waals surface area contributed by atoms with Crippen LogP contribution in [0.3, 0.4) is 0 Å². The van der Waals surface area contributed by atoms with Crippen LogP contribution in [0.5, 0.6) is 5.75 Å². The number of carbonyl (C=O) groups excluding carboxylic acids is 1. The first-order chi connectivity index (χ1) is 11.0. The zero-order valence-corrected chi connectivity index (χ0v) is 13.1. The minimum Gasteiger partial charge on any atom is -0.497 e. The van der Waals surface area contributed by atoms with Crippen LogP contribution in [0.15, 0.2) is 48.5 Å². The molecule has 0 radical (unpaired) electrons. The lowest BCUT2D eigenvalue weighted by molar-refractivity contribution is 0.0696. The van der Waals surface area contributed by atoms with Gasteiger partial charge in [-0.25, -0.2) is 4.79 Å². The van der Waals surface area contributed by atoms with Gasteiger partial charge in [0.1, 0.15) is 5.75 Å². The maximum Gasteiger partial charge on any atom is 0.335 e. The molecule has 0 spiro atoms. The van der Waals surface area contributed by atoms with Crippen LogP contribution < -0.4 is 10.1 Å². The van der Waals surface area contributed by atoms with Gasteiger partial charge in [-0.2, -0.15) is 0 Å². The molecule has 0 aliphatic rings. The first kappa shape index (κ1) is 16.5. The Bertz CT molecular complexity index is 694. The van der Waals surface area contributed by atoms with Crippen LogP contribution in [0.25, 0.3) is 0 Å². The Hall–Kier alpha value is -2.82. The van der Waals surface area contributed by atoms with Crippen molar-refractivity contribution in [2.24, 2.45) is 0 Å². The van der Waals surface area contributed by atoms with E-state index in [9.17, 15) is 9.59 Å². The van der Waals surface area contributed by atoms with Crippen molar-refractivity contribution < 1.29 is 19.4 Å². The van der Waals surface area contributed by atoms with Crippen molar-refractivity contribution in [3.63, 3.8) is 0 Å². The fraction of sp³-hybridized carbons (Fsp3) is 0.222. The molecule has 0 saturated carbocycles. The molecular formula is C18H19NO4. The predicted octanol–water partition coefficient (Wildman–Crippen LogP) is 2.75. The van der Waals surface area contributed by atoms with Gasteiger partial charge >= 0.3 is 5.97 Å². The van der Waals surface area contributed by atoms with Crippen molar-refractivity contribution >= 4 is 11.9 Å². The Balaban J connectivity index is 1.97. The van der Waals surface area contributed by atoms with Crippen LogP contribution in [0, 0.1) is 0 Å². The quantitative estimate of drug-likeness (QED) is 0.860. The maximum absolute atomic E-state index is 12.2. The number of benzene rings is 2. The molecule has 0 fully saturated rings. The molecule has 5 nitrogen and oxygen atoms in total. The Morgan fingerprint density at radius 3 is 2.39 bits per heavy atom. The molecule has 5 heteroatoms. The normalized spacial score (nSPS) is 11.6. The Labute approximate surface area is 134 Å². The fourth-order valence-corrected chi connectivity index (χ4v) is 2.28. The maximum atomic E-state index is 12.2. The number of hydrogen-bond donors (Lipinski definition) is 2. The molecule has 1 amide bonds. The van der Waals surface area contributed by atoms with Gasteiger partial charge in [0.2, 0.25) is 0 Å². The topological polar surface area (TPSA) is 75.6 Å². The van der Waals surface area contributed by atoms with Gasteiger partial charge in [-0.05, 0) is 55.3 Å². The molecule has 0 aromatic heterocycles. The van der Waals surface area contributed by atoms with Crippen LogP contribution in [0.4, 0.5) is 0 Å². The molecule has 0 aliphatic heterocycles. The third-order valence-corrected chi connectivity index (χ3v) is 3.45. The van der Waals surface area contributed by atoms with Gasteiger partial charge in [0.15, 0.2) is 0 Å². The van der Waals surface area contributed by atoms with Crippen molar-refractivity contribution in [2.75, 3.05) is 7.11 Å². The largest absolute Gasteiger partial charge is 0.497 e. The molecule has 2 aromatic carbocycles. The van der Waals surface area contributed by atoms with E-state index in [2.05, 4.69) is 5.32 Å². The number of carboxylic acid groups (broad SMARTS) is 1. The van der Waals surface area contributed by atoms with Gasteiger partial charge in [0.25, 0.3) is 5.91 Å². The van der Waals surface area contributed by atoms with E-state index in [4.69, 9.17) is 9.84 Å². The van der Waals surface area contributed by atoms with E-state index < -0.39 is 5.97 Å². The summed E-state index contributed by atoms with van der Waals surface area (Å²) in [4.78, 5) is 23.0. The molecule has 2 N–H and O–H groups in total. The summed E-state index contributed by atoms with van der Waals surface area (Å²) in [6.07, 6.45) is 0.677.